The molecule has 2 atom stereocenters. The van der Waals surface area contributed by atoms with Crippen LogP contribution in [0.2, 0.25) is 0 Å². The van der Waals surface area contributed by atoms with Crippen LogP contribution < -0.4 is 4.90 Å². The summed E-state index contributed by atoms with van der Waals surface area (Å²) in [4.78, 5) is 24.4. The van der Waals surface area contributed by atoms with Crippen molar-refractivity contribution in [2.75, 3.05) is 25.0 Å². The summed E-state index contributed by atoms with van der Waals surface area (Å²) in [7, 11) is 2.14. The molecule has 1 saturated heterocycles. The number of carbonyl (C=O) groups is 1. The van der Waals surface area contributed by atoms with Crippen molar-refractivity contribution in [2.45, 2.75) is 39.7 Å². The van der Waals surface area contributed by atoms with Crippen molar-refractivity contribution in [1.82, 2.24) is 14.9 Å². The number of hydrogen-bond acceptors (Lipinski definition) is 3. The number of aromatic amines is 1. The van der Waals surface area contributed by atoms with Crippen molar-refractivity contribution in [3.63, 3.8) is 0 Å². The predicted molar refractivity (Wildman–Crippen MR) is 98.1 cm³/mol. The van der Waals surface area contributed by atoms with E-state index in [9.17, 15) is 4.79 Å². The Morgan fingerprint density at radius 1 is 1.46 bits per heavy atom. The molecule has 1 unspecified atom stereocenters. The minimum atomic E-state index is 0.289. The molecule has 1 fully saturated rings. The molecular weight excluding hydrogens is 300 g/mol. The van der Waals surface area contributed by atoms with Gasteiger partial charge in [-0.05, 0) is 30.4 Å². The number of H-pyrrole nitrogens is 1. The van der Waals surface area contributed by atoms with Crippen LogP contribution in [0.1, 0.15) is 33.6 Å². The highest BCUT2D eigenvalue weighted by molar-refractivity contribution is 5.89. The zero-order valence-corrected chi connectivity index (χ0v) is 15.1. The Hall–Kier alpha value is -2.04. The van der Waals surface area contributed by atoms with Crippen LogP contribution in [0.5, 0.6) is 0 Å². The quantitative estimate of drug-likeness (QED) is 0.937. The van der Waals surface area contributed by atoms with Crippen LogP contribution in [0.3, 0.4) is 0 Å². The van der Waals surface area contributed by atoms with Crippen LogP contribution in [0.25, 0.3) is 11.0 Å². The minimum Gasteiger partial charge on any atom is -0.369 e. The largest absolute Gasteiger partial charge is 0.369 e. The maximum atomic E-state index is 12.5. The normalized spacial score (nSPS) is 21.5. The average molecular weight is 328 g/mol. The molecular formula is C19H28N4O. The molecule has 5 nitrogen and oxygen atoms in total. The van der Waals surface area contributed by atoms with Crippen LogP contribution in [0.4, 0.5) is 5.69 Å². The van der Waals surface area contributed by atoms with Crippen LogP contribution in [-0.4, -0.2) is 47.0 Å². The van der Waals surface area contributed by atoms with Gasteiger partial charge in [0.15, 0.2) is 0 Å². The summed E-state index contributed by atoms with van der Waals surface area (Å²) in [6.07, 6.45) is 5.47. The first-order valence-corrected chi connectivity index (χ1v) is 8.90. The van der Waals surface area contributed by atoms with Crippen molar-refractivity contribution in [1.29, 1.82) is 0 Å². The second-order valence-electron chi connectivity index (χ2n) is 7.45. The number of fused-ring (bicyclic) bond motifs is 1. The van der Waals surface area contributed by atoms with Crippen LogP contribution >= 0.6 is 0 Å². The third kappa shape index (κ3) is 3.25. The van der Waals surface area contributed by atoms with E-state index < -0.39 is 0 Å². The number of anilines is 1. The van der Waals surface area contributed by atoms with Crippen LogP contribution in [0, 0.1) is 11.8 Å². The maximum absolute atomic E-state index is 12.5. The van der Waals surface area contributed by atoms with Gasteiger partial charge in [-0.1, -0.05) is 20.8 Å². The van der Waals surface area contributed by atoms with E-state index >= 15 is 0 Å². The maximum Gasteiger partial charge on any atom is 0.222 e. The monoisotopic (exact) mass is 328 g/mol. The van der Waals surface area contributed by atoms with Gasteiger partial charge in [0.05, 0.1) is 0 Å². The number of amides is 1. The fraction of sp³-hybridized carbons (Fsp3) is 0.579. The highest BCUT2D eigenvalue weighted by Crippen LogP contribution is 2.30. The zero-order valence-electron chi connectivity index (χ0n) is 15.1. The number of nitrogens with zero attached hydrogens (tertiary/aromatic N) is 3. The number of hydrogen-bond donors (Lipinski definition) is 1. The molecule has 0 aliphatic carbocycles. The minimum absolute atomic E-state index is 0.289. The number of rotatable bonds is 4. The van der Waals surface area contributed by atoms with Gasteiger partial charge < -0.3 is 14.8 Å². The van der Waals surface area contributed by atoms with E-state index in [4.69, 9.17) is 0 Å². The Balaban J connectivity index is 1.81. The average Bonchev–Trinajstić information content (AvgIpc) is 3.02. The number of carbonyl (C=O) groups excluding carboxylic acids is 1. The van der Waals surface area contributed by atoms with Gasteiger partial charge in [0.2, 0.25) is 5.91 Å². The highest BCUT2D eigenvalue weighted by Gasteiger charge is 2.32. The summed E-state index contributed by atoms with van der Waals surface area (Å²) < 4.78 is 0. The van der Waals surface area contributed by atoms with Gasteiger partial charge in [-0.2, -0.15) is 0 Å². The van der Waals surface area contributed by atoms with E-state index in [1.807, 2.05) is 12.4 Å². The van der Waals surface area contributed by atoms with Gasteiger partial charge in [0.25, 0.3) is 0 Å². The Morgan fingerprint density at radius 3 is 3.00 bits per heavy atom. The first-order valence-electron chi connectivity index (χ1n) is 8.90. The molecule has 1 aliphatic heterocycles. The molecule has 1 amide bonds. The lowest BCUT2D eigenvalue weighted by atomic mass is 9.91. The second-order valence-corrected chi connectivity index (χ2v) is 7.45. The smallest absolute Gasteiger partial charge is 0.222 e. The number of aromatic nitrogens is 2. The molecule has 0 aromatic carbocycles. The molecule has 24 heavy (non-hydrogen) atoms. The molecule has 0 radical (unpaired) electrons. The second kappa shape index (κ2) is 6.83. The van der Waals surface area contributed by atoms with Crippen molar-refractivity contribution in [2.24, 2.45) is 11.8 Å². The number of pyridine rings is 1. The fourth-order valence-electron chi connectivity index (χ4n) is 3.69. The first kappa shape index (κ1) is 16.8. The molecule has 5 heteroatoms. The third-order valence-corrected chi connectivity index (χ3v) is 5.17. The van der Waals surface area contributed by atoms with Crippen LogP contribution in [-0.2, 0) is 4.79 Å². The molecule has 3 heterocycles. The van der Waals surface area contributed by atoms with E-state index in [0.717, 1.165) is 30.5 Å². The molecule has 0 spiro atoms. The lowest BCUT2D eigenvalue weighted by Crippen LogP contribution is -2.52. The van der Waals surface area contributed by atoms with Gasteiger partial charge >= 0.3 is 0 Å². The fourth-order valence-corrected chi connectivity index (χ4v) is 3.69. The third-order valence-electron chi connectivity index (χ3n) is 5.17. The summed E-state index contributed by atoms with van der Waals surface area (Å²) in [5.74, 6) is 1.25. The Labute approximate surface area is 144 Å². The summed E-state index contributed by atoms with van der Waals surface area (Å²) in [5.41, 5.74) is 2.09. The standard InChI is InChI=1S/C19H28N4O/c1-13(2)11-18(24)23-10-7-14(3)17(12-23)22(4)16-6-9-21-19-15(16)5-8-20-19/h5-6,8-9,13-14,17H,7,10-12H2,1-4H3,(H,20,21)/t14-,17?/m1/s1. The zero-order chi connectivity index (χ0) is 17.3. The Morgan fingerprint density at radius 2 is 2.25 bits per heavy atom. The number of nitrogens with one attached hydrogen (secondary N) is 1. The highest BCUT2D eigenvalue weighted by atomic mass is 16.2. The predicted octanol–water partition coefficient (Wildman–Crippen LogP) is 3.28. The summed E-state index contributed by atoms with van der Waals surface area (Å²) >= 11 is 0. The molecule has 2 aromatic heterocycles. The van der Waals surface area contributed by atoms with E-state index in [-0.39, 0.29) is 5.91 Å². The topological polar surface area (TPSA) is 52.2 Å². The number of likely N-dealkylation sites (tertiary alicyclic amines) is 1. The van der Waals surface area contributed by atoms with Crippen molar-refractivity contribution in [3.05, 3.63) is 24.5 Å². The van der Waals surface area contributed by atoms with Crippen molar-refractivity contribution in [3.8, 4) is 0 Å². The SMILES string of the molecule is CC(C)CC(=O)N1CC[C@@H](C)C(N(C)c2ccnc3[nH]ccc23)C1. The number of piperidine rings is 1. The summed E-state index contributed by atoms with van der Waals surface area (Å²) in [5, 5.41) is 1.14. The molecule has 1 aliphatic rings. The van der Waals surface area contributed by atoms with E-state index in [1.165, 1.54) is 5.69 Å². The van der Waals surface area contributed by atoms with Gasteiger partial charge in [0.1, 0.15) is 5.65 Å². The molecule has 1 N–H and O–H groups in total. The Bertz CT molecular complexity index is 708. The molecule has 0 saturated carbocycles. The van der Waals surface area contributed by atoms with E-state index in [1.54, 1.807) is 0 Å². The van der Waals surface area contributed by atoms with Gasteiger partial charge in [-0.15, -0.1) is 0 Å². The lowest BCUT2D eigenvalue weighted by molar-refractivity contribution is -0.133. The first-order chi connectivity index (χ1) is 11.5. The van der Waals surface area contributed by atoms with E-state index in [0.29, 0.717) is 24.3 Å². The van der Waals surface area contributed by atoms with Gasteiger partial charge in [-0.25, -0.2) is 4.98 Å². The number of likely N-dealkylation sites (N-methyl/N-ethyl adjacent to an activating group) is 1. The van der Waals surface area contributed by atoms with Gasteiger partial charge in [-0.3, -0.25) is 4.79 Å². The molecule has 130 valence electrons. The lowest BCUT2D eigenvalue weighted by Gasteiger charge is -2.43. The molecule has 3 rings (SSSR count). The van der Waals surface area contributed by atoms with Crippen molar-refractivity contribution < 1.29 is 4.79 Å². The molecule has 2 aromatic rings. The van der Waals surface area contributed by atoms with E-state index in [2.05, 4.69) is 59.7 Å². The Kier molecular flexibility index (Phi) is 4.78. The van der Waals surface area contributed by atoms with Crippen LogP contribution in [0.15, 0.2) is 24.5 Å². The summed E-state index contributed by atoms with van der Waals surface area (Å²) in [6.45, 7) is 8.19. The van der Waals surface area contributed by atoms with Crippen molar-refractivity contribution >= 4 is 22.6 Å². The van der Waals surface area contributed by atoms with Gasteiger partial charge in [0, 0.05) is 56.1 Å². The summed E-state index contributed by atoms with van der Waals surface area (Å²) in [6, 6.07) is 4.47. The molecule has 0 bridgehead atoms.